The van der Waals surface area contributed by atoms with Crippen LogP contribution in [0.15, 0.2) is 30.5 Å². The third-order valence-corrected chi connectivity index (χ3v) is 6.63. The molecule has 150 valence electrons. The lowest BCUT2D eigenvalue weighted by atomic mass is 9.80. The van der Waals surface area contributed by atoms with E-state index in [2.05, 4.69) is 20.6 Å². The zero-order valence-electron chi connectivity index (χ0n) is 16.0. The molecule has 3 fully saturated rings. The lowest BCUT2D eigenvalue weighted by Gasteiger charge is -2.34. The molecule has 8 heteroatoms. The van der Waals surface area contributed by atoms with Crippen molar-refractivity contribution >= 4 is 40.1 Å². The van der Waals surface area contributed by atoms with Gasteiger partial charge in [-0.15, -0.1) is 0 Å². The van der Waals surface area contributed by atoms with Gasteiger partial charge in [0.15, 0.2) is 0 Å². The van der Waals surface area contributed by atoms with E-state index < -0.39 is 0 Å². The van der Waals surface area contributed by atoms with Crippen molar-refractivity contribution in [3.05, 3.63) is 40.5 Å². The monoisotopic (exact) mass is 430 g/mol. The Balaban J connectivity index is 1.51. The summed E-state index contributed by atoms with van der Waals surface area (Å²) in [6.45, 7) is 1.07. The number of hydrogen-bond donors (Lipinski definition) is 2. The average molecular weight is 431 g/mol. The van der Waals surface area contributed by atoms with Crippen LogP contribution in [0.2, 0.25) is 10.0 Å². The lowest BCUT2D eigenvalue weighted by molar-refractivity contribution is 0.325. The average Bonchev–Trinajstić information content (AvgIpc) is 3.37. The molecule has 3 unspecified atom stereocenters. The molecule has 29 heavy (non-hydrogen) atoms. The number of hydrogen-bond acceptors (Lipinski definition) is 6. The van der Waals surface area contributed by atoms with Crippen LogP contribution in [0.3, 0.4) is 0 Å². The molecular formula is C21H20Cl2N4O2. The lowest BCUT2D eigenvalue weighted by Crippen LogP contribution is -2.47. The Kier molecular flexibility index (Phi) is 4.65. The number of nitrogens with zero attached hydrogens (tertiary/aromatic N) is 2. The summed E-state index contributed by atoms with van der Waals surface area (Å²) in [5.41, 5.74) is 2.36. The van der Waals surface area contributed by atoms with Crippen LogP contribution >= 0.6 is 23.2 Å². The smallest absolute Gasteiger partial charge is 0.223 e. The zero-order chi connectivity index (χ0) is 20.1. The van der Waals surface area contributed by atoms with Crippen LogP contribution in [0, 0.1) is 5.92 Å². The van der Waals surface area contributed by atoms with Crippen molar-refractivity contribution in [3.8, 4) is 22.6 Å². The summed E-state index contributed by atoms with van der Waals surface area (Å²) in [6, 6.07) is 8.50. The third kappa shape index (κ3) is 3.06. The molecule has 3 atom stereocenters. The molecule has 0 amide bonds. The second kappa shape index (κ2) is 7.20. The van der Waals surface area contributed by atoms with Crippen molar-refractivity contribution in [1.82, 2.24) is 15.3 Å². The highest BCUT2D eigenvalue weighted by Crippen LogP contribution is 2.46. The van der Waals surface area contributed by atoms with Gasteiger partial charge in [0.25, 0.3) is 0 Å². The van der Waals surface area contributed by atoms with Gasteiger partial charge in [0.2, 0.25) is 5.95 Å². The largest absolute Gasteiger partial charge is 0.495 e. The number of halogens is 2. The Morgan fingerprint density at radius 1 is 1.10 bits per heavy atom. The number of ether oxygens (including phenoxy) is 2. The predicted octanol–water partition coefficient (Wildman–Crippen LogP) is 4.39. The maximum Gasteiger partial charge on any atom is 0.223 e. The molecule has 6 rings (SSSR count). The second-order valence-electron chi connectivity index (χ2n) is 7.43. The van der Waals surface area contributed by atoms with E-state index in [0.29, 0.717) is 51.1 Å². The van der Waals surface area contributed by atoms with Gasteiger partial charge in [-0.2, -0.15) is 0 Å². The van der Waals surface area contributed by atoms with Gasteiger partial charge in [0, 0.05) is 41.8 Å². The molecule has 6 nitrogen and oxygen atoms in total. The first-order valence-corrected chi connectivity index (χ1v) is 10.2. The van der Waals surface area contributed by atoms with Gasteiger partial charge in [-0.1, -0.05) is 29.3 Å². The first-order chi connectivity index (χ1) is 14.1. The number of benzene rings is 2. The van der Waals surface area contributed by atoms with Gasteiger partial charge in [-0.05, 0) is 30.0 Å². The van der Waals surface area contributed by atoms with Crippen LogP contribution in [-0.2, 0) is 0 Å². The molecule has 3 aliphatic rings. The van der Waals surface area contributed by atoms with Crippen molar-refractivity contribution in [2.75, 3.05) is 26.1 Å². The van der Waals surface area contributed by atoms with E-state index >= 15 is 0 Å². The van der Waals surface area contributed by atoms with Gasteiger partial charge >= 0.3 is 0 Å². The van der Waals surface area contributed by atoms with Gasteiger partial charge in [-0.25, -0.2) is 9.97 Å². The number of fused-ring (bicyclic) bond motifs is 2. The van der Waals surface area contributed by atoms with Crippen molar-refractivity contribution in [1.29, 1.82) is 0 Å². The molecule has 0 radical (unpaired) electrons. The molecule has 3 heterocycles. The van der Waals surface area contributed by atoms with Crippen LogP contribution in [0.1, 0.15) is 6.42 Å². The van der Waals surface area contributed by atoms with Crippen LogP contribution in [0.25, 0.3) is 22.0 Å². The fourth-order valence-electron chi connectivity index (χ4n) is 4.24. The molecule has 1 aromatic heterocycles. The minimum absolute atomic E-state index is 0.425. The van der Waals surface area contributed by atoms with Gasteiger partial charge < -0.3 is 20.1 Å². The highest BCUT2D eigenvalue weighted by atomic mass is 35.5. The minimum atomic E-state index is 0.425. The van der Waals surface area contributed by atoms with Crippen molar-refractivity contribution in [3.63, 3.8) is 0 Å². The number of rotatable bonds is 5. The number of aromatic nitrogens is 2. The van der Waals surface area contributed by atoms with Gasteiger partial charge in [0.05, 0.1) is 29.8 Å². The molecular weight excluding hydrogens is 411 g/mol. The summed E-state index contributed by atoms with van der Waals surface area (Å²) < 4.78 is 10.7. The van der Waals surface area contributed by atoms with Crippen LogP contribution in [0.5, 0.6) is 11.5 Å². The summed E-state index contributed by atoms with van der Waals surface area (Å²) in [6.07, 6.45) is 3.06. The Morgan fingerprint density at radius 3 is 2.48 bits per heavy atom. The molecule has 2 aromatic carbocycles. The van der Waals surface area contributed by atoms with Crippen LogP contribution in [-0.4, -0.2) is 42.8 Å². The van der Waals surface area contributed by atoms with E-state index in [1.54, 1.807) is 20.3 Å². The number of anilines is 1. The fraction of sp³-hybridized carbons (Fsp3) is 0.333. The van der Waals surface area contributed by atoms with Gasteiger partial charge in [-0.3, -0.25) is 0 Å². The fourth-order valence-corrected chi connectivity index (χ4v) is 4.96. The Hall–Kier alpha value is -2.28. The Labute approximate surface area is 178 Å². The van der Waals surface area contributed by atoms with E-state index in [4.69, 9.17) is 32.7 Å². The number of methoxy groups -OCH3 is 2. The first-order valence-electron chi connectivity index (χ1n) is 9.46. The predicted molar refractivity (Wildman–Crippen MR) is 115 cm³/mol. The second-order valence-corrected chi connectivity index (χ2v) is 8.19. The molecule has 3 aromatic rings. The van der Waals surface area contributed by atoms with Crippen LogP contribution < -0.4 is 20.1 Å². The summed E-state index contributed by atoms with van der Waals surface area (Å²) in [4.78, 5) is 9.18. The molecule has 2 bridgehead atoms. The molecule has 0 spiro atoms. The minimum Gasteiger partial charge on any atom is -0.495 e. The summed E-state index contributed by atoms with van der Waals surface area (Å²) in [5, 5.41) is 8.73. The summed E-state index contributed by atoms with van der Waals surface area (Å²) >= 11 is 13.1. The van der Waals surface area contributed by atoms with Crippen molar-refractivity contribution in [2.24, 2.45) is 5.92 Å². The van der Waals surface area contributed by atoms with Gasteiger partial charge in [0.1, 0.15) is 11.5 Å². The van der Waals surface area contributed by atoms with Crippen molar-refractivity contribution in [2.45, 2.75) is 18.5 Å². The molecule has 1 saturated carbocycles. The first kappa shape index (κ1) is 18.7. The van der Waals surface area contributed by atoms with E-state index in [1.807, 2.05) is 24.4 Å². The Morgan fingerprint density at radius 2 is 1.86 bits per heavy atom. The normalized spacial score (nSPS) is 22.4. The molecule has 2 saturated heterocycles. The maximum absolute atomic E-state index is 6.55. The van der Waals surface area contributed by atoms with E-state index in [9.17, 15) is 0 Å². The topological polar surface area (TPSA) is 68.3 Å². The van der Waals surface area contributed by atoms with E-state index in [1.165, 1.54) is 6.42 Å². The van der Waals surface area contributed by atoms with Crippen molar-refractivity contribution < 1.29 is 9.47 Å². The van der Waals surface area contributed by atoms with Crippen LogP contribution in [0.4, 0.5) is 5.95 Å². The summed E-state index contributed by atoms with van der Waals surface area (Å²) in [7, 11) is 3.12. The highest BCUT2D eigenvalue weighted by Gasteiger charge is 2.46. The number of nitrogens with one attached hydrogen (secondary N) is 2. The quantitative estimate of drug-likeness (QED) is 0.625. The summed E-state index contributed by atoms with van der Waals surface area (Å²) in [5.74, 6) is 2.34. The molecule has 2 N–H and O–H groups in total. The third-order valence-electron chi connectivity index (χ3n) is 5.88. The molecule has 2 aliphatic heterocycles. The highest BCUT2D eigenvalue weighted by molar-refractivity contribution is 6.41. The zero-order valence-corrected chi connectivity index (χ0v) is 17.5. The van der Waals surface area contributed by atoms with E-state index in [-0.39, 0.29) is 0 Å². The SMILES string of the molecule is COc1cc(OC)c(Cl)c(-c2ccc3nc(NC4C5CNC4C5)ncc3c2)c1Cl. The molecule has 1 aliphatic carbocycles. The standard InChI is InChI=1S/C21H20Cl2N4O2/c1-28-15-7-16(29-2)19(23)17(18(15)22)10-3-4-13-11(5-10)8-25-21(26-13)27-20-12-6-14(20)24-9-12/h3-5,7-8,12,14,20,24H,6,9H2,1-2H3,(H,25,26,27). The maximum atomic E-state index is 6.55. The van der Waals surface area contributed by atoms with E-state index in [0.717, 1.165) is 23.0 Å². The Bertz CT molecular complexity index is 1070.